The first-order valence-corrected chi connectivity index (χ1v) is 6.24. The van der Waals surface area contributed by atoms with Crippen molar-refractivity contribution in [2.24, 2.45) is 5.92 Å². The molecule has 1 heterocycles. The molecule has 1 aliphatic heterocycles. The minimum atomic E-state index is 0.261. The Kier molecular flexibility index (Phi) is 3.45. The van der Waals surface area contributed by atoms with E-state index >= 15 is 0 Å². The average molecular weight is 207 g/mol. The minimum Gasteiger partial charge on any atom is -0.339 e. The van der Waals surface area contributed by atoms with Crippen molar-refractivity contribution in [2.75, 3.05) is 13.1 Å². The SMILES string of the molecule is CC1CCC(=CC(=O)N2CCCC2)CC1. The van der Waals surface area contributed by atoms with Crippen LogP contribution in [0, 0.1) is 5.92 Å². The molecule has 2 aliphatic rings. The standard InChI is InChI=1S/C13H21NO/c1-11-4-6-12(7-5-11)10-13(15)14-8-2-3-9-14/h10-11H,2-9H2,1H3. The number of carbonyl (C=O) groups excluding carboxylic acids is 1. The van der Waals surface area contributed by atoms with Gasteiger partial charge in [-0.1, -0.05) is 12.5 Å². The van der Waals surface area contributed by atoms with Gasteiger partial charge in [0.15, 0.2) is 0 Å². The third-order valence-electron chi connectivity index (χ3n) is 3.66. The third kappa shape index (κ3) is 2.83. The van der Waals surface area contributed by atoms with E-state index < -0.39 is 0 Å². The van der Waals surface area contributed by atoms with Gasteiger partial charge in [-0.25, -0.2) is 0 Å². The number of nitrogens with zero attached hydrogens (tertiary/aromatic N) is 1. The molecule has 0 aromatic carbocycles. The lowest BCUT2D eigenvalue weighted by molar-refractivity contribution is -0.125. The van der Waals surface area contributed by atoms with E-state index in [1.54, 1.807) is 0 Å². The molecule has 0 bridgehead atoms. The molecule has 0 spiro atoms. The van der Waals surface area contributed by atoms with Crippen LogP contribution in [0.5, 0.6) is 0 Å². The summed E-state index contributed by atoms with van der Waals surface area (Å²) in [6.07, 6.45) is 9.09. The summed E-state index contributed by atoms with van der Waals surface area (Å²) < 4.78 is 0. The van der Waals surface area contributed by atoms with Crippen LogP contribution in [0.4, 0.5) is 0 Å². The maximum atomic E-state index is 11.8. The summed E-state index contributed by atoms with van der Waals surface area (Å²) in [4.78, 5) is 13.8. The lowest BCUT2D eigenvalue weighted by Crippen LogP contribution is -2.26. The lowest BCUT2D eigenvalue weighted by Gasteiger charge is -2.21. The van der Waals surface area contributed by atoms with Gasteiger partial charge in [-0.2, -0.15) is 0 Å². The normalized spacial score (nSPS) is 26.9. The maximum Gasteiger partial charge on any atom is 0.246 e. The van der Waals surface area contributed by atoms with Gasteiger partial charge in [-0.3, -0.25) is 4.79 Å². The Labute approximate surface area is 92.3 Å². The van der Waals surface area contributed by atoms with Gasteiger partial charge in [0.25, 0.3) is 0 Å². The molecule has 2 rings (SSSR count). The molecule has 0 radical (unpaired) electrons. The summed E-state index contributed by atoms with van der Waals surface area (Å²) in [5, 5.41) is 0. The first-order valence-electron chi connectivity index (χ1n) is 6.24. The highest BCUT2D eigenvalue weighted by Gasteiger charge is 2.18. The van der Waals surface area contributed by atoms with Crippen LogP contribution in [0.3, 0.4) is 0 Å². The zero-order chi connectivity index (χ0) is 10.7. The number of allylic oxidation sites excluding steroid dienone is 1. The summed E-state index contributed by atoms with van der Waals surface area (Å²) >= 11 is 0. The Morgan fingerprint density at radius 3 is 2.47 bits per heavy atom. The highest BCUT2D eigenvalue weighted by molar-refractivity contribution is 5.88. The van der Waals surface area contributed by atoms with Gasteiger partial charge in [0.05, 0.1) is 0 Å². The Morgan fingerprint density at radius 1 is 1.27 bits per heavy atom. The smallest absolute Gasteiger partial charge is 0.246 e. The van der Waals surface area contributed by atoms with Crippen molar-refractivity contribution in [1.82, 2.24) is 4.90 Å². The summed E-state index contributed by atoms with van der Waals surface area (Å²) in [5.41, 5.74) is 1.38. The largest absolute Gasteiger partial charge is 0.339 e. The Bertz CT molecular complexity index is 254. The molecule has 1 saturated heterocycles. The number of likely N-dealkylation sites (tertiary alicyclic amines) is 1. The Balaban J connectivity index is 1.88. The number of amides is 1. The molecule has 2 heteroatoms. The second-order valence-electron chi connectivity index (χ2n) is 5.02. The number of rotatable bonds is 1. The minimum absolute atomic E-state index is 0.261. The van der Waals surface area contributed by atoms with Crippen LogP contribution in [0.1, 0.15) is 45.4 Å². The summed E-state index contributed by atoms with van der Waals surface area (Å²) in [7, 11) is 0. The molecule has 2 fully saturated rings. The van der Waals surface area contributed by atoms with Crippen LogP contribution in [-0.4, -0.2) is 23.9 Å². The summed E-state index contributed by atoms with van der Waals surface area (Å²) in [6, 6.07) is 0. The van der Waals surface area contributed by atoms with E-state index in [-0.39, 0.29) is 5.91 Å². The van der Waals surface area contributed by atoms with Crippen LogP contribution in [0.2, 0.25) is 0 Å². The summed E-state index contributed by atoms with van der Waals surface area (Å²) in [6.45, 7) is 4.25. The van der Waals surface area contributed by atoms with Gasteiger partial charge in [0.2, 0.25) is 5.91 Å². The summed E-state index contributed by atoms with van der Waals surface area (Å²) in [5.74, 6) is 1.11. The van der Waals surface area contributed by atoms with E-state index in [0.29, 0.717) is 0 Å². The van der Waals surface area contributed by atoms with Gasteiger partial charge in [-0.05, 0) is 44.4 Å². The molecule has 0 N–H and O–H groups in total. The van der Waals surface area contributed by atoms with E-state index in [4.69, 9.17) is 0 Å². The number of hydrogen-bond acceptors (Lipinski definition) is 1. The zero-order valence-corrected chi connectivity index (χ0v) is 9.67. The fourth-order valence-electron chi connectivity index (χ4n) is 2.48. The van der Waals surface area contributed by atoms with Crippen molar-refractivity contribution in [3.05, 3.63) is 11.6 Å². The second-order valence-corrected chi connectivity index (χ2v) is 5.02. The van der Waals surface area contributed by atoms with Gasteiger partial charge in [0, 0.05) is 19.2 Å². The third-order valence-corrected chi connectivity index (χ3v) is 3.66. The predicted octanol–water partition coefficient (Wildman–Crippen LogP) is 2.75. The first-order chi connectivity index (χ1) is 7.25. The maximum absolute atomic E-state index is 11.8. The average Bonchev–Trinajstić information content (AvgIpc) is 2.74. The highest BCUT2D eigenvalue weighted by atomic mass is 16.2. The molecule has 0 unspecified atom stereocenters. The van der Waals surface area contributed by atoms with Crippen molar-refractivity contribution >= 4 is 5.91 Å². The van der Waals surface area contributed by atoms with Crippen LogP contribution in [-0.2, 0) is 4.79 Å². The molecular formula is C13H21NO. The molecule has 2 nitrogen and oxygen atoms in total. The molecule has 1 aliphatic carbocycles. The van der Waals surface area contributed by atoms with E-state index in [9.17, 15) is 4.79 Å². The number of hydrogen-bond donors (Lipinski definition) is 0. The van der Waals surface area contributed by atoms with Crippen LogP contribution >= 0.6 is 0 Å². The molecule has 0 atom stereocenters. The van der Waals surface area contributed by atoms with Crippen molar-refractivity contribution in [1.29, 1.82) is 0 Å². The van der Waals surface area contributed by atoms with Crippen molar-refractivity contribution in [3.8, 4) is 0 Å². The molecule has 84 valence electrons. The topological polar surface area (TPSA) is 20.3 Å². The van der Waals surface area contributed by atoms with Crippen molar-refractivity contribution in [3.63, 3.8) is 0 Å². The van der Waals surface area contributed by atoms with Gasteiger partial charge in [-0.15, -0.1) is 0 Å². The van der Waals surface area contributed by atoms with Crippen molar-refractivity contribution in [2.45, 2.75) is 45.4 Å². The molecule has 1 amide bonds. The van der Waals surface area contributed by atoms with E-state index in [2.05, 4.69) is 6.92 Å². The first kappa shape index (κ1) is 10.7. The molecule has 0 aromatic rings. The van der Waals surface area contributed by atoms with Crippen molar-refractivity contribution < 1.29 is 4.79 Å². The predicted molar refractivity (Wildman–Crippen MR) is 61.5 cm³/mol. The van der Waals surface area contributed by atoms with Crippen LogP contribution < -0.4 is 0 Å². The highest BCUT2D eigenvalue weighted by Crippen LogP contribution is 2.27. The van der Waals surface area contributed by atoms with E-state index in [0.717, 1.165) is 31.8 Å². The van der Waals surface area contributed by atoms with Gasteiger partial charge >= 0.3 is 0 Å². The lowest BCUT2D eigenvalue weighted by atomic mass is 9.87. The van der Waals surface area contributed by atoms with Crippen LogP contribution in [0.15, 0.2) is 11.6 Å². The second kappa shape index (κ2) is 4.82. The van der Waals surface area contributed by atoms with Gasteiger partial charge in [0.1, 0.15) is 0 Å². The Morgan fingerprint density at radius 2 is 1.87 bits per heavy atom. The molecular weight excluding hydrogens is 186 g/mol. The zero-order valence-electron chi connectivity index (χ0n) is 9.67. The molecule has 1 saturated carbocycles. The monoisotopic (exact) mass is 207 g/mol. The van der Waals surface area contributed by atoms with Gasteiger partial charge < -0.3 is 4.90 Å². The molecule has 15 heavy (non-hydrogen) atoms. The fourth-order valence-corrected chi connectivity index (χ4v) is 2.48. The van der Waals surface area contributed by atoms with E-state index in [1.165, 1.54) is 31.3 Å². The Hall–Kier alpha value is -0.790. The fraction of sp³-hybridized carbons (Fsp3) is 0.769. The van der Waals surface area contributed by atoms with E-state index in [1.807, 2.05) is 11.0 Å². The quantitative estimate of drug-likeness (QED) is 0.605. The molecule has 0 aromatic heterocycles. The van der Waals surface area contributed by atoms with Crippen LogP contribution in [0.25, 0.3) is 0 Å². The number of carbonyl (C=O) groups is 1.